The average molecular weight is 1720 g/mol. The number of nitriles is 2. The van der Waals surface area contributed by atoms with E-state index in [0.717, 1.165) is 218 Å². The highest BCUT2D eigenvalue weighted by molar-refractivity contribution is 5.86. The molecule has 16 saturated carbocycles. The van der Waals surface area contributed by atoms with Crippen LogP contribution in [-0.4, -0.2) is 157 Å². The third-order valence-corrected chi connectivity index (χ3v) is 34.9. The van der Waals surface area contributed by atoms with Crippen LogP contribution in [0.3, 0.4) is 0 Å². The molecule has 24 heteroatoms. The molecule has 6 heterocycles. The standard InChI is InChI=1S/C26H42O6.C24H38O6.C19H32O2.2C15H19NO4/c1-4-23(2,3)22(27)32-26-15-19-13-24(17-26,30-20-9-5-7-11-28-20)16-25(14-19,18-26)31-21-10-6-8-12-29-21;1-4-21(2,3)20(25)30-24-13-17-11-22(15-24,28-18-7-5-9-26-18)14-23(12-17,16-24)29-19-8-6-10-27-19;1-6-17(2,3)16(20)21-18(4,5)19-10-13-7-14(11-19)9-15(8-13)12-19;2*1-4-14(2,3)12(17)19-10-8-5-9-11(10)20-13(18)15(9,6-8)7-16/h19-21H,4-18H2,1-3H3;17-19H,4-16H2,1-3H3;13-15H,6-12H2,1-5H3;2*8-11H,4-6H2,1-3H3. The zero-order valence-corrected chi connectivity index (χ0v) is 77.7. The highest BCUT2D eigenvalue weighted by atomic mass is 16.7. The van der Waals surface area contributed by atoms with Crippen molar-refractivity contribution in [2.75, 3.05) is 26.4 Å². The first-order valence-corrected chi connectivity index (χ1v) is 48.4. The van der Waals surface area contributed by atoms with Gasteiger partial charge < -0.3 is 71.1 Å². The summed E-state index contributed by atoms with van der Waals surface area (Å²) in [6.45, 7) is 36.8. The monoisotopic (exact) mass is 1720 g/mol. The minimum atomic E-state index is -0.974. The van der Waals surface area contributed by atoms with Crippen LogP contribution in [0.25, 0.3) is 0 Å². The van der Waals surface area contributed by atoms with Crippen molar-refractivity contribution in [3.8, 4) is 12.1 Å². The smallest absolute Gasteiger partial charge is 0.327 e. The molecular formula is C99H150N2O22. The summed E-state index contributed by atoms with van der Waals surface area (Å²) in [5.74, 6) is 1.99. The van der Waals surface area contributed by atoms with E-state index in [1.165, 1.54) is 38.5 Å². The van der Waals surface area contributed by atoms with E-state index in [1.54, 1.807) is 0 Å². The lowest BCUT2D eigenvalue weighted by atomic mass is 9.46. The molecule has 0 aromatic rings. The molecule has 24 nitrogen and oxygen atoms in total. The largest absolute Gasteiger partial charge is 0.459 e. The van der Waals surface area contributed by atoms with Crippen LogP contribution in [0.4, 0.5) is 0 Å². The molecule has 16 aliphatic carbocycles. The molecule has 688 valence electrons. The molecule has 6 aliphatic heterocycles. The molecule has 22 aliphatic rings. The maximum Gasteiger partial charge on any atom is 0.327 e. The van der Waals surface area contributed by atoms with Crippen molar-refractivity contribution < 1.29 is 105 Å². The molecular weight excluding hydrogens is 1570 g/mol. The van der Waals surface area contributed by atoms with Gasteiger partial charge in [-0.1, -0.05) is 34.6 Å². The van der Waals surface area contributed by atoms with Crippen molar-refractivity contribution in [3.63, 3.8) is 0 Å². The Kier molecular flexibility index (Phi) is 25.6. The first-order chi connectivity index (χ1) is 57.9. The summed E-state index contributed by atoms with van der Waals surface area (Å²) in [6, 6.07) is 4.30. The highest BCUT2D eigenvalue weighted by Crippen LogP contribution is 2.69. The van der Waals surface area contributed by atoms with Gasteiger partial charge in [-0.05, 0) is 299 Å². The molecule has 16 bridgehead atoms. The second kappa shape index (κ2) is 34.0. The van der Waals surface area contributed by atoms with Crippen molar-refractivity contribution >= 4 is 41.8 Å². The van der Waals surface area contributed by atoms with Crippen molar-refractivity contribution in [2.45, 2.75) is 444 Å². The maximum atomic E-state index is 13.2. The van der Waals surface area contributed by atoms with E-state index >= 15 is 0 Å². The Morgan fingerprint density at radius 1 is 0.366 bits per heavy atom. The summed E-state index contributed by atoms with van der Waals surface area (Å²) < 4.78 is 91.6. The summed E-state index contributed by atoms with van der Waals surface area (Å²) in [5.41, 5.74) is -6.74. The van der Waals surface area contributed by atoms with Gasteiger partial charge in [0.05, 0.1) is 61.6 Å². The molecule has 0 aromatic heterocycles. The lowest BCUT2D eigenvalue weighted by Crippen LogP contribution is -2.69. The average Bonchev–Trinajstić information content (AvgIpc) is 1.72. The Morgan fingerprint density at radius 3 is 0.959 bits per heavy atom. The topological polar surface area (TPSA) is 306 Å². The second-order valence-electron chi connectivity index (χ2n) is 46.4. The maximum absolute atomic E-state index is 13.2. The van der Waals surface area contributed by atoms with Crippen molar-refractivity contribution in [1.82, 2.24) is 0 Å². The van der Waals surface area contributed by atoms with Gasteiger partial charge in [-0.3, -0.25) is 33.6 Å². The molecule has 0 N–H and O–H groups in total. The molecule has 22 rings (SSSR count). The van der Waals surface area contributed by atoms with Gasteiger partial charge in [0.25, 0.3) is 0 Å². The van der Waals surface area contributed by atoms with Gasteiger partial charge >= 0.3 is 41.8 Å². The van der Waals surface area contributed by atoms with Crippen LogP contribution in [0.2, 0.25) is 0 Å². The zero-order valence-electron chi connectivity index (χ0n) is 77.7. The summed E-state index contributed by atoms with van der Waals surface area (Å²) in [6.07, 6.45) is 33.2. The van der Waals surface area contributed by atoms with E-state index in [-0.39, 0.29) is 130 Å². The van der Waals surface area contributed by atoms with Crippen LogP contribution < -0.4 is 0 Å². The number of carbonyl (C=O) groups excluding carboxylic acids is 7. The minimum absolute atomic E-state index is 0.00857. The van der Waals surface area contributed by atoms with Crippen LogP contribution in [0, 0.1) is 119 Å². The van der Waals surface area contributed by atoms with Gasteiger partial charge in [-0.15, -0.1) is 0 Å². The molecule has 18 atom stereocenters. The first kappa shape index (κ1) is 92.7. The number of carbonyl (C=O) groups is 7. The van der Waals surface area contributed by atoms with Gasteiger partial charge in [0.1, 0.15) is 41.2 Å². The Balaban J connectivity index is 0.000000121. The highest BCUT2D eigenvalue weighted by Gasteiger charge is 2.75. The molecule has 18 unspecified atom stereocenters. The Hall–Kier alpha value is -5.05. The number of hydrogen-bond donors (Lipinski definition) is 0. The van der Waals surface area contributed by atoms with Gasteiger partial charge in [0.15, 0.2) is 36.0 Å². The van der Waals surface area contributed by atoms with Gasteiger partial charge in [0.2, 0.25) is 0 Å². The van der Waals surface area contributed by atoms with Gasteiger partial charge in [0, 0.05) is 107 Å². The van der Waals surface area contributed by atoms with Crippen LogP contribution in [0.15, 0.2) is 0 Å². The van der Waals surface area contributed by atoms with E-state index in [9.17, 15) is 44.1 Å². The van der Waals surface area contributed by atoms with Crippen molar-refractivity contribution in [1.29, 1.82) is 10.5 Å². The third kappa shape index (κ3) is 17.8. The fourth-order valence-corrected chi connectivity index (χ4v) is 27.0. The molecule has 0 radical (unpaired) electrons. The fraction of sp³-hybridized carbons (Fsp3) is 0.909. The Morgan fingerprint density at radius 2 is 0.659 bits per heavy atom. The van der Waals surface area contributed by atoms with Crippen LogP contribution in [0.5, 0.6) is 0 Å². The second-order valence-corrected chi connectivity index (χ2v) is 46.4. The molecule has 22 fully saturated rings. The Labute approximate surface area is 732 Å². The van der Waals surface area contributed by atoms with Gasteiger partial charge in [-0.2, -0.15) is 10.5 Å². The van der Waals surface area contributed by atoms with E-state index in [2.05, 4.69) is 39.8 Å². The van der Waals surface area contributed by atoms with E-state index < -0.39 is 67.8 Å². The summed E-state index contributed by atoms with van der Waals surface area (Å²) in [7, 11) is 0. The first-order valence-electron chi connectivity index (χ1n) is 48.4. The predicted molar refractivity (Wildman–Crippen MR) is 450 cm³/mol. The molecule has 0 spiro atoms. The number of fused-ring (bicyclic) bond motifs is 2. The predicted octanol–water partition coefficient (Wildman–Crippen LogP) is 18.3. The van der Waals surface area contributed by atoms with Crippen LogP contribution >= 0.6 is 0 Å². The number of hydrogen-bond acceptors (Lipinski definition) is 24. The van der Waals surface area contributed by atoms with Crippen molar-refractivity contribution in [2.24, 2.45) is 96.6 Å². The molecule has 0 amide bonds. The van der Waals surface area contributed by atoms with E-state index in [1.807, 2.05) is 90.0 Å². The lowest BCUT2D eigenvalue weighted by molar-refractivity contribution is -0.344. The molecule has 0 aromatic carbocycles. The Bertz CT molecular complexity index is 3790. The quantitative estimate of drug-likeness (QED) is 0.0640. The normalized spacial score (nSPS) is 42.5. The van der Waals surface area contributed by atoms with Gasteiger partial charge in [-0.25, -0.2) is 0 Å². The lowest BCUT2D eigenvalue weighted by Gasteiger charge is -2.65. The van der Waals surface area contributed by atoms with Crippen LogP contribution in [0.1, 0.15) is 355 Å². The van der Waals surface area contributed by atoms with E-state index in [4.69, 9.17) is 71.1 Å². The SMILES string of the molecule is CCC(C)(C)C(=O)OC(C)(C)C12CC3CC(CC(C3)C1)C2.CCC(C)(C)C(=O)OC12CC3CC(OC4CCCCO4)(C1)CC(OC1CCCCO1)(C3)C2.CCC(C)(C)C(=O)OC12CC3CC(OC4CCCO4)(C1)CC(OC1CCCO1)(C3)C2.CCC(C)(C)C(=O)OC1C2CC3C1OC(=O)C3(C#N)C2.CCC(C)(C)C(=O)OC1C2CC3C1OC(=O)C3(C#N)C2. The third-order valence-electron chi connectivity index (χ3n) is 34.9. The van der Waals surface area contributed by atoms with Crippen molar-refractivity contribution in [3.05, 3.63) is 0 Å². The number of ether oxygens (including phenoxy) is 15. The van der Waals surface area contributed by atoms with Crippen LogP contribution in [-0.2, 0) is 105 Å². The number of nitrogens with zero attached hydrogens (tertiary/aromatic N) is 2. The molecule has 6 saturated heterocycles. The van der Waals surface area contributed by atoms with E-state index in [0.29, 0.717) is 37.5 Å². The summed E-state index contributed by atoms with van der Waals surface area (Å²) in [4.78, 5) is 87.2. The number of rotatable bonds is 24. The summed E-state index contributed by atoms with van der Waals surface area (Å²) >= 11 is 0. The minimum Gasteiger partial charge on any atom is -0.459 e. The zero-order chi connectivity index (χ0) is 88.4. The summed E-state index contributed by atoms with van der Waals surface area (Å²) in [5, 5.41) is 18.6. The molecule has 123 heavy (non-hydrogen) atoms. The number of esters is 7. The fourth-order valence-electron chi connectivity index (χ4n) is 27.0.